The summed E-state index contributed by atoms with van der Waals surface area (Å²) in [6.07, 6.45) is 0. The second kappa shape index (κ2) is 4.46. The highest BCUT2D eigenvalue weighted by molar-refractivity contribution is 5.17. The van der Waals surface area contributed by atoms with Gasteiger partial charge in [-0.15, -0.1) is 0 Å². The van der Waals surface area contributed by atoms with Crippen molar-refractivity contribution < 1.29 is 9.30 Å². The van der Waals surface area contributed by atoms with Crippen molar-refractivity contribution in [3.05, 3.63) is 23.9 Å². The third-order valence-corrected chi connectivity index (χ3v) is 1.77. The fraction of sp³-hybridized carbons (Fsp3) is 0.400. The Hall–Kier alpha value is -1.56. The molecule has 1 aromatic rings. The van der Waals surface area contributed by atoms with Gasteiger partial charge in [-0.25, -0.2) is 0 Å². The number of pyridine rings is 1. The molecule has 0 aromatic carbocycles. The summed E-state index contributed by atoms with van der Waals surface area (Å²) in [6, 6.07) is 7.61. The topological polar surface area (TPSA) is 36.9 Å². The monoisotopic (exact) mass is 177 g/mol. The average Bonchev–Trinajstić information content (AvgIpc) is 2.18. The Balaban J connectivity index is 3.13. The summed E-state index contributed by atoms with van der Waals surface area (Å²) in [4.78, 5) is 0. The Kier molecular flexibility index (Phi) is 3.27. The van der Waals surface area contributed by atoms with Crippen molar-refractivity contribution in [1.29, 1.82) is 5.26 Å². The number of rotatable bonds is 3. The molecule has 68 valence electrons. The van der Waals surface area contributed by atoms with Gasteiger partial charge in [-0.05, 0) is 19.9 Å². The molecule has 0 aliphatic carbocycles. The summed E-state index contributed by atoms with van der Waals surface area (Å²) in [5, 5.41) is 8.82. The summed E-state index contributed by atoms with van der Waals surface area (Å²) in [5.74, 6) is 0.754. The van der Waals surface area contributed by atoms with E-state index in [-0.39, 0.29) is 0 Å². The van der Waals surface area contributed by atoms with Crippen LogP contribution < -0.4 is 9.30 Å². The molecule has 0 spiro atoms. The molecule has 0 amide bonds. The number of hydrogen-bond donors (Lipinski definition) is 0. The Morgan fingerprint density at radius 2 is 2.23 bits per heavy atom. The van der Waals surface area contributed by atoms with Gasteiger partial charge in [0.25, 0.3) is 5.69 Å². The second-order valence-corrected chi connectivity index (χ2v) is 2.54. The lowest BCUT2D eigenvalue weighted by atomic mass is 10.3. The molecule has 13 heavy (non-hydrogen) atoms. The van der Waals surface area contributed by atoms with Gasteiger partial charge in [0.05, 0.1) is 12.7 Å². The number of hydrogen-bond acceptors (Lipinski definition) is 2. The minimum atomic E-state index is 0.620. The summed E-state index contributed by atoms with van der Waals surface area (Å²) < 4.78 is 7.23. The van der Waals surface area contributed by atoms with E-state index in [9.17, 15) is 0 Å². The van der Waals surface area contributed by atoms with Gasteiger partial charge in [0.1, 0.15) is 0 Å². The first-order valence-corrected chi connectivity index (χ1v) is 4.39. The Morgan fingerprint density at radius 3 is 2.77 bits per heavy atom. The van der Waals surface area contributed by atoms with Crippen LogP contribution >= 0.6 is 0 Å². The van der Waals surface area contributed by atoms with Crippen LogP contribution in [-0.2, 0) is 6.54 Å². The van der Waals surface area contributed by atoms with Gasteiger partial charge in [-0.2, -0.15) is 9.83 Å². The molecule has 0 fully saturated rings. The predicted octanol–water partition coefficient (Wildman–Crippen LogP) is 1.26. The van der Waals surface area contributed by atoms with Crippen molar-refractivity contribution in [2.75, 3.05) is 6.61 Å². The van der Waals surface area contributed by atoms with Gasteiger partial charge in [0, 0.05) is 6.07 Å². The third kappa shape index (κ3) is 1.97. The van der Waals surface area contributed by atoms with Crippen molar-refractivity contribution in [3.63, 3.8) is 0 Å². The predicted molar refractivity (Wildman–Crippen MR) is 48.2 cm³/mol. The van der Waals surface area contributed by atoms with Crippen LogP contribution in [0.2, 0.25) is 0 Å². The SMILES string of the molecule is CCOc1cccc(C#N)[n+]1CC. The molecule has 0 N–H and O–H groups in total. The Labute approximate surface area is 78.2 Å². The van der Waals surface area contributed by atoms with Gasteiger partial charge in [0.2, 0.25) is 0 Å². The number of ether oxygens (including phenoxy) is 1. The van der Waals surface area contributed by atoms with Crippen LogP contribution in [0.4, 0.5) is 0 Å². The van der Waals surface area contributed by atoms with Crippen molar-refractivity contribution in [1.82, 2.24) is 0 Å². The van der Waals surface area contributed by atoms with Crippen molar-refractivity contribution in [2.24, 2.45) is 0 Å². The van der Waals surface area contributed by atoms with E-state index in [1.54, 1.807) is 6.07 Å². The van der Waals surface area contributed by atoms with Crippen LogP contribution in [0.1, 0.15) is 19.5 Å². The van der Waals surface area contributed by atoms with E-state index in [1.165, 1.54) is 0 Å². The molecule has 0 bridgehead atoms. The fourth-order valence-electron chi connectivity index (χ4n) is 1.22. The van der Waals surface area contributed by atoms with Gasteiger partial charge >= 0.3 is 5.88 Å². The quantitative estimate of drug-likeness (QED) is 0.652. The van der Waals surface area contributed by atoms with E-state index >= 15 is 0 Å². The maximum atomic E-state index is 8.82. The van der Waals surface area contributed by atoms with Crippen LogP contribution in [-0.4, -0.2) is 6.61 Å². The average molecular weight is 177 g/mol. The third-order valence-electron chi connectivity index (χ3n) is 1.77. The lowest BCUT2D eigenvalue weighted by Crippen LogP contribution is -2.38. The van der Waals surface area contributed by atoms with E-state index < -0.39 is 0 Å². The number of nitrogens with zero attached hydrogens (tertiary/aromatic N) is 2. The van der Waals surface area contributed by atoms with Crippen LogP contribution in [0.15, 0.2) is 18.2 Å². The lowest BCUT2D eigenvalue weighted by Gasteiger charge is -2.02. The molecule has 0 saturated heterocycles. The van der Waals surface area contributed by atoms with Crippen LogP contribution in [0, 0.1) is 11.3 Å². The van der Waals surface area contributed by atoms with E-state index in [4.69, 9.17) is 10.00 Å². The summed E-state index contributed by atoms with van der Waals surface area (Å²) >= 11 is 0. The first-order valence-electron chi connectivity index (χ1n) is 4.39. The minimum absolute atomic E-state index is 0.620. The van der Waals surface area contributed by atoms with Gasteiger partial charge in [-0.3, -0.25) is 0 Å². The summed E-state index contributed by atoms with van der Waals surface area (Å²) in [7, 11) is 0. The zero-order valence-corrected chi connectivity index (χ0v) is 7.95. The summed E-state index contributed by atoms with van der Waals surface area (Å²) in [5.41, 5.74) is 0.633. The normalized spacial score (nSPS) is 9.31. The van der Waals surface area contributed by atoms with Crippen LogP contribution in [0.3, 0.4) is 0 Å². The maximum Gasteiger partial charge on any atom is 0.368 e. The largest absolute Gasteiger partial charge is 0.445 e. The molecule has 0 radical (unpaired) electrons. The van der Waals surface area contributed by atoms with Crippen molar-refractivity contribution in [2.45, 2.75) is 20.4 Å². The summed E-state index contributed by atoms with van der Waals surface area (Å²) in [6.45, 7) is 5.29. The lowest BCUT2D eigenvalue weighted by molar-refractivity contribution is -0.701. The van der Waals surface area contributed by atoms with Crippen molar-refractivity contribution >= 4 is 0 Å². The molecule has 0 atom stereocenters. The molecule has 1 heterocycles. The molecular formula is C10H13N2O+. The zero-order valence-electron chi connectivity index (χ0n) is 7.95. The van der Waals surface area contributed by atoms with Gasteiger partial charge in [0.15, 0.2) is 12.6 Å². The molecule has 0 aliphatic rings. The standard InChI is InChI=1S/C10H13N2O/c1-3-12-9(8-11)6-5-7-10(12)13-4-2/h5-7H,3-4H2,1-2H3/q+1. The van der Waals surface area contributed by atoms with Crippen LogP contribution in [0.25, 0.3) is 0 Å². The zero-order chi connectivity index (χ0) is 9.68. The minimum Gasteiger partial charge on any atom is -0.445 e. The molecule has 3 nitrogen and oxygen atoms in total. The first-order chi connectivity index (χ1) is 6.33. The molecule has 0 unspecified atom stereocenters. The Bertz CT molecular complexity index is 328. The molecular weight excluding hydrogens is 164 g/mol. The van der Waals surface area contributed by atoms with Gasteiger partial charge in [-0.1, -0.05) is 0 Å². The van der Waals surface area contributed by atoms with Gasteiger partial charge < -0.3 is 4.74 Å². The molecule has 0 saturated carbocycles. The van der Waals surface area contributed by atoms with E-state index in [0.29, 0.717) is 12.3 Å². The highest BCUT2D eigenvalue weighted by Crippen LogP contribution is 2.04. The maximum absolute atomic E-state index is 8.82. The highest BCUT2D eigenvalue weighted by atomic mass is 16.5. The molecule has 1 rings (SSSR count). The van der Waals surface area contributed by atoms with Crippen molar-refractivity contribution in [3.8, 4) is 11.9 Å². The fourth-order valence-corrected chi connectivity index (χ4v) is 1.22. The number of nitriles is 1. The smallest absolute Gasteiger partial charge is 0.368 e. The highest BCUT2D eigenvalue weighted by Gasteiger charge is 2.14. The molecule has 3 heteroatoms. The first kappa shape index (κ1) is 9.53. The Morgan fingerprint density at radius 1 is 1.46 bits per heavy atom. The van der Waals surface area contributed by atoms with E-state index in [0.717, 1.165) is 12.4 Å². The second-order valence-electron chi connectivity index (χ2n) is 2.54. The number of aromatic nitrogens is 1. The van der Waals surface area contributed by atoms with Crippen LogP contribution in [0.5, 0.6) is 5.88 Å². The van der Waals surface area contributed by atoms with E-state index in [1.807, 2.05) is 30.5 Å². The molecule has 0 aliphatic heterocycles. The van der Waals surface area contributed by atoms with E-state index in [2.05, 4.69) is 6.07 Å². The molecule has 1 aromatic heterocycles.